The summed E-state index contributed by atoms with van der Waals surface area (Å²) < 4.78 is 5.42. The quantitative estimate of drug-likeness (QED) is 0.590. The molecule has 0 atom stereocenters. The summed E-state index contributed by atoms with van der Waals surface area (Å²) >= 11 is 0. The van der Waals surface area contributed by atoms with Crippen LogP contribution in [0.5, 0.6) is 5.75 Å². The van der Waals surface area contributed by atoms with Gasteiger partial charge in [0.15, 0.2) is 6.61 Å². The van der Waals surface area contributed by atoms with Gasteiger partial charge in [-0.05, 0) is 36.2 Å². The third-order valence-corrected chi connectivity index (χ3v) is 3.78. The zero-order valence-corrected chi connectivity index (χ0v) is 14.4. The van der Waals surface area contributed by atoms with E-state index in [1.807, 2.05) is 49.4 Å². The number of benzene rings is 2. The van der Waals surface area contributed by atoms with E-state index in [0.29, 0.717) is 11.6 Å². The molecule has 0 aliphatic carbocycles. The maximum Gasteiger partial charge on any atom is 0.276 e. The number of aromatic nitrogens is 2. The number of hydrogen-bond acceptors (Lipinski definition) is 4. The lowest BCUT2D eigenvalue weighted by Gasteiger charge is -2.09. The summed E-state index contributed by atoms with van der Waals surface area (Å²) in [5.41, 5.74) is 7.47. The van der Waals surface area contributed by atoms with Crippen LogP contribution in [0.25, 0.3) is 11.0 Å². The van der Waals surface area contributed by atoms with Gasteiger partial charge in [-0.25, -0.2) is 4.98 Å². The molecule has 0 bridgehead atoms. The largest absolute Gasteiger partial charge is 0.484 e. The van der Waals surface area contributed by atoms with E-state index in [2.05, 4.69) is 20.8 Å². The van der Waals surface area contributed by atoms with Crippen LogP contribution in [0.3, 0.4) is 0 Å². The van der Waals surface area contributed by atoms with Gasteiger partial charge in [0.05, 0.1) is 17.5 Å². The minimum atomic E-state index is -0.440. The van der Waals surface area contributed by atoms with Gasteiger partial charge >= 0.3 is 0 Å². The van der Waals surface area contributed by atoms with Gasteiger partial charge in [-0.15, -0.1) is 0 Å². The Hall–Kier alpha value is -3.35. The number of aromatic amines is 1. The molecule has 0 unspecified atom stereocenters. The van der Waals surface area contributed by atoms with Crippen molar-refractivity contribution in [3.8, 4) is 5.75 Å². The first-order valence-corrected chi connectivity index (χ1v) is 8.37. The van der Waals surface area contributed by atoms with Crippen molar-refractivity contribution in [3.63, 3.8) is 0 Å². The fourth-order valence-electron chi connectivity index (χ4n) is 2.47. The Morgan fingerprint density at radius 1 is 1.08 bits per heavy atom. The van der Waals surface area contributed by atoms with Crippen molar-refractivity contribution in [3.05, 3.63) is 59.9 Å². The number of imidazole rings is 1. The molecule has 0 spiro atoms. The normalized spacial score (nSPS) is 10.5. The van der Waals surface area contributed by atoms with Gasteiger partial charge in [0.1, 0.15) is 11.6 Å². The van der Waals surface area contributed by atoms with Gasteiger partial charge in [-0.3, -0.25) is 20.4 Å². The van der Waals surface area contributed by atoms with E-state index in [0.717, 1.165) is 23.0 Å². The Bertz CT molecular complexity index is 887. The van der Waals surface area contributed by atoms with Crippen molar-refractivity contribution in [1.29, 1.82) is 0 Å². The van der Waals surface area contributed by atoms with Crippen LogP contribution in [0.4, 0.5) is 0 Å². The molecule has 1 heterocycles. The van der Waals surface area contributed by atoms with Gasteiger partial charge in [-0.2, -0.15) is 0 Å². The van der Waals surface area contributed by atoms with Crippen LogP contribution in [-0.4, -0.2) is 28.4 Å². The average molecular weight is 352 g/mol. The molecular weight excluding hydrogens is 332 g/mol. The maximum absolute atomic E-state index is 11.9. The van der Waals surface area contributed by atoms with E-state index in [1.165, 1.54) is 0 Å². The lowest BCUT2D eigenvalue weighted by atomic mass is 10.2. The van der Waals surface area contributed by atoms with E-state index in [4.69, 9.17) is 4.74 Å². The van der Waals surface area contributed by atoms with E-state index in [9.17, 15) is 9.59 Å². The Kier molecular flexibility index (Phi) is 5.48. The van der Waals surface area contributed by atoms with Gasteiger partial charge in [0.25, 0.3) is 5.91 Å². The molecule has 134 valence electrons. The number of rotatable bonds is 6. The third kappa shape index (κ3) is 4.60. The number of fused-ring (bicyclic) bond motifs is 1. The van der Waals surface area contributed by atoms with Gasteiger partial charge in [-0.1, -0.05) is 31.2 Å². The van der Waals surface area contributed by atoms with Crippen LogP contribution >= 0.6 is 0 Å². The number of nitrogens with one attached hydrogen (secondary N) is 3. The van der Waals surface area contributed by atoms with Crippen molar-refractivity contribution in [2.24, 2.45) is 0 Å². The zero-order valence-electron chi connectivity index (χ0n) is 14.4. The van der Waals surface area contributed by atoms with Crippen molar-refractivity contribution in [1.82, 2.24) is 20.8 Å². The summed E-state index contributed by atoms with van der Waals surface area (Å²) in [5, 5.41) is 0. The molecule has 7 nitrogen and oxygen atoms in total. The monoisotopic (exact) mass is 352 g/mol. The molecule has 3 aromatic rings. The predicted octanol–water partition coefficient (Wildman–Crippen LogP) is 1.89. The number of hydrazine groups is 1. The van der Waals surface area contributed by atoms with Crippen LogP contribution < -0.4 is 15.6 Å². The zero-order chi connectivity index (χ0) is 18.4. The highest BCUT2D eigenvalue weighted by atomic mass is 16.5. The molecule has 0 radical (unpaired) electrons. The summed E-state index contributed by atoms with van der Waals surface area (Å²) in [6.45, 7) is 1.86. The molecule has 1 aromatic heterocycles. The van der Waals surface area contributed by atoms with E-state index in [1.54, 1.807) is 6.07 Å². The molecule has 0 aliphatic heterocycles. The highest BCUT2D eigenvalue weighted by Crippen LogP contribution is 2.13. The van der Waals surface area contributed by atoms with Crippen LogP contribution in [0, 0.1) is 0 Å². The molecule has 0 saturated carbocycles. The fourth-order valence-corrected chi connectivity index (χ4v) is 2.47. The Balaban J connectivity index is 1.44. The minimum Gasteiger partial charge on any atom is -0.484 e. The first-order valence-electron chi connectivity index (χ1n) is 8.37. The second kappa shape index (κ2) is 8.15. The number of nitrogens with zero attached hydrogens (tertiary/aromatic N) is 1. The molecule has 0 aliphatic rings. The fraction of sp³-hybridized carbons (Fsp3) is 0.211. The first-order chi connectivity index (χ1) is 12.6. The molecule has 2 aromatic carbocycles. The number of carbonyl (C=O) groups is 2. The SMILES string of the molecule is CCc1cccc(OCC(=O)NNC(=O)Cc2nc3ccccc3[nH]2)c1. The summed E-state index contributed by atoms with van der Waals surface area (Å²) in [4.78, 5) is 31.1. The average Bonchev–Trinajstić information content (AvgIpc) is 3.07. The molecule has 3 rings (SSSR count). The van der Waals surface area contributed by atoms with Crippen molar-refractivity contribution in [2.75, 3.05) is 6.61 Å². The number of amides is 2. The number of carbonyl (C=O) groups excluding carboxylic acids is 2. The van der Waals surface area contributed by atoms with Crippen molar-refractivity contribution >= 4 is 22.8 Å². The minimum absolute atomic E-state index is 0.0361. The van der Waals surface area contributed by atoms with E-state index in [-0.39, 0.29) is 18.9 Å². The predicted molar refractivity (Wildman–Crippen MR) is 97.4 cm³/mol. The summed E-state index contributed by atoms with van der Waals surface area (Å²) in [7, 11) is 0. The molecule has 0 fully saturated rings. The molecule has 3 N–H and O–H groups in total. The number of H-pyrrole nitrogens is 1. The molecular formula is C19H20N4O3. The molecule has 7 heteroatoms. The molecule has 2 amide bonds. The topological polar surface area (TPSA) is 96.1 Å². The standard InChI is InChI=1S/C19H20N4O3/c1-2-13-6-5-7-14(10-13)26-12-19(25)23-22-18(24)11-17-20-15-8-3-4-9-16(15)21-17/h3-10H,2,11-12H2,1H3,(H,20,21)(H,22,24)(H,23,25). The van der Waals surface area contributed by atoms with Crippen LogP contribution in [-0.2, 0) is 22.4 Å². The van der Waals surface area contributed by atoms with Crippen LogP contribution in [0.2, 0.25) is 0 Å². The Morgan fingerprint density at radius 2 is 1.88 bits per heavy atom. The second-order valence-corrected chi connectivity index (χ2v) is 5.76. The lowest BCUT2D eigenvalue weighted by Crippen LogP contribution is -2.44. The number of aryl methyl sites for hydroxylation is 1. The smallest absolute Gasteiger partial charge is 0.276 e. The van der Waals surface area contributed by atoms with E-state index < -0.39 is 5.91 Å². The number of para-hydroxylation sites is 2. The van der Waals surface area contributed by atoms with Crippen LogP contribution in [0.1, 0.15) is 18.3 Å². The molecule has 0 saturated heterocycles. The summed E-state index contributed by atoms with van der Waals surface area (Å²) in [6, 6.07) is 15.0. The van der Waals surface area contributed by atoms with Gasteiger partial charge in [0.2, 0.25) is 5.91 Å². The number of hydrogen-bond donors (Lipinski definition) is 3. The second-order valence-electron chi connectivity index (χ2n) is 5.76. The van der Waals surface area contributed by atoms with Gasteiger partial charge < -0.3 is 9.72 Å². The lowest BCUT2D eigenvalue weighted by molar-refractivity contribution is -0.129. The summed E-state index contributed by atoms with van der Waals surface area (Å²) in [6.07, 6.45) is 0.926. The Morgan fingerprint density at radius 3 is 2.69 bits per heavy atom. The van der Waals surface area contributed by atoms with Gasteiger partial charge in [0, 0.05) is 0 Å². The number of ether oxygens (including phenoxy) is 1. The van der Waals surface area contributed by atoms with Crippen molar-refractivity contribution < 1.29 is 14.3 Å². The third-order valence-electron chi connectivity index (χ3n) is 3.78. The highest BCUT2D eigenvalue weighted by molar-refractivity contribution is 5.84. The highest BCUT2D eigenvalue weighted by Gasteiger charge is 2.09. The van der Waals surface area contributed by atoms with Crippen LogP contribution in [0.15, 0.2) is 48.5 Å². The summed E-state index contributed by atoms with van der Waals surface area (Å²) in [5.74, 6) is 0.342. The van der Waals surface area contributed by atoms with E-state index >= 15 is 0 Å². The first kappa shape index (κ1) is 17.5. The molecule has 26 heavy (non-hydrogen) atoms. The maximum atomic E-state index is 11.9. The Labute approximate surface area is 150 Å². The van der Waals surface area contributed by atoms with Crippen molar-refractivity contribution in [2.45, 2.75) is 19.8 Å².